The number of hydrogen-bond donors (Lipinski definition) is 1. The van der Waals surface area contributed by atoms with Crippen LogP contribution in [0.25, 0.3) is 0 Å². The van der Waals surface area contributed by atoms with Crippen LogP contribution >= 0.6 is 0 Å². The highest BCUT2D eigenvalue weighted by Gasteiger charge is 2.29. The van der Waals surface area contributed by atoms with E-state index >= 15 is 0 Å². The van der Waals surface area contributed by atoms with Gasteiger partial charge < -0.3 is 9.64 Å². The van der Waals surface area contributed by atoms with Gasteiger partial charge in [-0.25, -0.2) is 5.43 Å². The van der Waals surface area contributed by atoms with Crippen molar-refractivity contribution in [3.05, 3.63) is 42.5 Å². The van der Waals surface area contributed by atoms with E-state index < -0.39 is 0 Å². The summed E-state index contributed by atoms with van der Waals surface area (Å²) in [5.41, 5.74) is 4.43. The Morgan fingerprint density at radius 3 is 2.50 bits per heavy atom. The zero-order valence-electron chi connectivity index (χ0n) is 15.2. The molecule has 5 heteroatoms. The minimum Gasteiger partial charge on any atom is -0.490 e. The molecule has 26 heavy (non-hydrogen) atoms. The van der Waals surface area contributed by atoms with Crippen LogP contribution in [0.2, 0.25) is 0 Å². The Bertz CT molecular complexity index is 686. The highest BCUT2D eigenvalue weighted by molar-refractivity contribution is 6.06. The normalized spacial score (nSPS) is 25.2. The molecular formula is C21H27N3O2. The molecule has 138 valence electrons. The van der Waals surface area contributed by atoms with E-state index in [9.17, 15) is 4.79 Å². The van der Waals surface area contributed by atoms with Gasteiger partial charge in [-0.3, -0.25) is 4.79 Å². The zero-order chi connectivity index (χ0) is 17.9. The van der Waals surface area contributed by atoms with Gasteiger partial charge in [-0.2, -0.15) is 5.10 Å². The van der Waals surface area contributed by atoms with Gasteiger partial charge in [0, 0.05) is 31.5 Å². The number of nitrogens with one attached hydrogen (secondary N) is 1. The van der Waals surface area contributed by atoms with Gasteiger partial charge in [-0.05, 0) is 55.5 Å². The van der Waals surface area contributed by atoms with Crippen molar-refractivity contribution in [3.8, 4) is 5.75 Å². The molecule has 0 spiro atoms. The van der Waals surface area contributed by atoms with Crippen molar-refractivity contribution in [2.45, 2.75) is 50.7 Å². The molecule has 1 saturated heterocycles. The fourth-order valence-corrected chi connectivity index (χ4v) is 4.03. The topological polar surface area (TPSA) is 53.9 Å². The molecule has 1 amide bonds. The Hall–Kier alpha value is -2.14. The van der Waals surface area contributed by atoms with Gasteiger partial charge in [0.2, 0.25) is 5.91 Å². The molecule has 2 heterocycles. The summed E-state index contributed by atoms with van der Waals surface area (Å²) in [6, 6.07) is 8.89. The number of carbonyl (C=O) groups excluding carboxylic acids is 1. The Morgan fingerprint density at radius 2 is 1.88 bits per heavy atom. The van der Waals surface area contributed by atoms with E-state index in [0.717, 1.165) is 49.0 Å². The van der Waals surface area contributed by atoms with Crippen molar-refractivity contribution in [1.82, 2.24) is 10.3 Å². The fraction of sp³-hybridized carbons (Fsp3) is 0.524. The molecule has 0 radical (unpaired) electrons. The number of hydrazone groups is 1. The highest BCUT2D eigenvalue weighted by Crippen LogP contribution is 2.29. The second-order valence-corrected chi connectivity index (χ2v) is 7.54. The predicted molar refractivity (Wildman–Crippen MR) is 102 cm³/mol. The lowest BCUT2D eigenvalue weighted by molar-refractivity contribution is -0.121. The van der Waals surface area contributed by atoms with Crippen LogP contribution in [-0.2, 0) is 4.79 Å². The molecule has 1 N–H and O–H groups in total. The van der Waals surface area contributed by atoms with E-state index in [-0.39, 0.29) is 11.8 Å². The predicted octanol–water partition coefficient (Wildman–Crippen LogP) is 3.11. The fourth-order valence-electron chi connectivity index (χ4n) is 4.03. The SMILES string of the molecule is C=C[C@H]1CC(=O)NN=C1c1ccc(OC2CCN(C3CCC3)CC2)cc1. The van der Waals surface area contributed by atoms with Crippen LogP contribution in [0.4, 0.5) is 0 Å². The van der Waals surface area contributed by atoms with Crippen molar-refractivity contribution < 1.29 is 9.53 Å². The van der Waals surface area contributed by atoms with Gasteiger partial charge in [0.25, 0.3) is 0 Å². The van der Waals surface area contributed by atoms with E-state index in [1.165, 1.54) is 19.3 Å². The maximum Gasteiger partial charge on any atom is 0.241 e. The number of nitrogens with zero attached hydrogens (tertiary/aromatic N) is 2. The summed E-state index contributed by atoms with van der Waals surface area (Å²) in [4.78, 5) is 14.1. The van der Waals surface area contributed by atoms with Gasteiger partial charge in [-0.1, -0.05) is 12.5 Å². The maximum atomic E-state index is 11.5. The van der Waals surface area contributed by atoms with E-state index in [4.69, 9.17) is 4.74 Å². The summed E-state index contributed by atoms with van der Waals surface area (Å²) in [7, 11) is 0. The number of amides is 1. The van der Waals surface area contributed by atoms with Crippen LogP contribution in [0.15, 0.2) is 42.0 Å². The van der Waals surface area contributed by atoms with Crippen molar-refractivity contribution in [3.63, 3.8) is 0 Å². The summed E-state index contributed by atoms with van der Waals surface area (Å²) >= 11 is 0. The molecule has 1 atom stereocenters. The number of likely N-dealkylation sites (tertiary alicyclic amines) is 1. The Balaban J connectivity index is 1.34. The highest BCUT2D eigenvalue weighted by atomic mass is 16.5. The average molecular weight is 353 g/mol. The lowest BCUT2D eigenvalue weighted by Crippen LogP contribution is -2.46. The third-order valence-corrected chi connectivity index (χ3v) is 5.86. The third-order valence-electron chi connectivity index (χ3n) is 5.86. The number of hydrogen-bond acceptors (Lipinski definition) is 4. The zero-order valence-corrected chi connectivity index (χ0v) is 15.2. The number of piperidine rings is 1. The number of allylic oxidation sites excluding steroid dienone is 1. The third kappa shape index (κ3) is 3.68. The Kier molecular flexibility index (Phi) is 5.07. The van der Waals surface area contributed by atoms with Crippen molar-refractivity contribution in [2.24, 2.45) is 11.0 Å². The van der Waals surface area contributed by atoms with Crippen molar-refractivity contribution in [2.75, 3.05) is 13.1 Å². The average Bonchev–Trinajstić information content (AvgIpc) is 2.62. The van der Waals surface area contributed by atoms with E-state index in [1.807, 2.05) is 24.3 Å². The molecule has 1 saturated carbocycles. The lowest BCUT2D eigenvalue weighted by Gasteiger charge is -2.41. The van der Waals surface area contributed by atoms with E-state index in [0.29, 0.717) is 12.5 Å². The summed E-state index contributed by atoms with van der Waals surface area (Å²) in [5.74, 6) is 0.810. The number of carbonyl (C=O) groups is 1. The first-order chi connectivity index (χ1) is 12.7. The van der Waals surface area contributed by atoms with Crippen LogP contribution in [0.1, 0.15) is 44.1 Å². The van der Waals surface area contributed by atoms with Crippen molar-refractivity contribution >= 4 is 11.6 Å². The van der Waals surface area contributed by atoms with Crippen LogP contribution < -0.4 is 10.2 Å². The number of ether oxygens (including phenoxy) is 1. The molecule has 0 unspecified atom stereocenters. The Labute approximate surface area is 155 Å². The molecule has 4 rings (SSSR count). The van der Waals surface area contributed by atoms with Crippen LogP contribution in [0, 0.1) is 5.92 Å². The van der Waals surface area contributed by atoms with Gasteiger partial charge >= 0.3 is 0 Å². The molecule has 1 aromatic carbocycles. The van der Waals surface area contributed by atoms with Crippen LogP contribution in [-0.4, -0.2) is 41.8 Å². The standard InChI is InChI=1S/C21H27N3O2/c1-2-15-14-20(25)22-23-21(15)16-6-8-18(9-7-16)26-19-10-12-24(13-11-19)17-4-3-5-17/h2,6-9,15,17,19H,1,3-5,10-14H2,(H,22,25)/t15-/m0/s1. The molecule has 2 aliphatic heterocycles. The molecule has 0 bridgehead atoms. The number of benzene rings is 1. The van der Waals surface area contributed by atoms with Gasteiger partial charge in [0.1, 0.15) is 11.9 Å². The van der Waals surface area contributed by atoms with E-state index in [1.54, 1.807) is 6.08 Å². The minimum absolute atomic E-state index is 0.0358. The smallest absolute Gasteiger partial charge is 0.241 e. The molecular weight excluding hydrogens is 326 g/mol. The monoisotopic (exact) mass is 353 g/mol. The largest absolute Gasteiger partial charge is 0.490 e. The first kappa shape index (κ1) is 17.3. The lowest BCUT2D eigenvalue weighted by atomic mass is 9.90. The second-order valence-electron chi connectivity index (χ2n) is 7.54. The van der Waals surface area contributed by atoms with Crippen LogP contribution in [0.5, 0.6) is 5.75 Å². The second kappa shape index (κ2) is 7.62. The Morgan fingerprint density at radius 1 is 1.15 bits per heavy atom. The van der Waals surface area contributed by atoms with Gasteiger partial charge in [-0.15, -0.1) is 6.58 Å². The molecule has 3 aliphatic rings. The van der Waals surface area contributed by atoms with Gasteiger partial charge in [0.05, 0.1) is 5.71 Å². The van der Waals surface area contributed by atoms with E-state index in [2.05, 4.69) is 22.0 Å². The molecule has 1 aliphatic carbocycles. The minimum atomic E-state index is -0.0631. The summed E-state index contributed by atoms with van der Waals surface area (Å²) in [6.45, 7) is 6.14. The van der Waals surface area contributed by atoms with Gasteiger partial charge in [0.15, 0.2) is 0 Å². The van der Waals surface area contributed by atoms with Crippen LogP contribution in [0.3, 0.4) is 0 Å². The summed E-state index contributed by atoms with van der Waals surface area (Å²) in [5, 5.41) is 4.22. The first-order valence-corrected chi connectivity index (χ1v) is 9.73. The van der Waals surface area contributed by atoms with Crippen molar-refractivity contribution in [1.29, 1.82) is 0 Å². The molecule has 2 fully saturated rings. The summed E-state index contributed by atoms with van der Waals surface area (Å²) < 4.78 is 6.19. The summed E-state index contributed by atoms with van der Waals surface area (Å²) in [6.07, 6.45) is 8.87. The quantitative estimate of drug-likeness (QED) is 0.828. The molecule has 1 aromatic rings. The first-order valence-electron chi connectivity index (χ1n) is 9.73. The maximum absolute atomic E-state index is 11.5. The molecule has 5 nitrogen and oxygen atoms in total. The molecule has 0 aromatic heterocycles. The number of rotatable bonds is 5.